The van der Waals surface area contributed by atoms with Gasteiger partial charge in [-0.25, -0.2) is 0 Å². The first-order valence-corrected chi connectivity index (χ1v) is 11.8. The van der Waals surface area contributed by atoms with E-state index in [1.165, 1.54) is 27.8 Å². The molecule has 2 N–H and O–H groups in total. The summed E-state index contributed by atoms with van der Waals surface area (Å²) in [5, 5.41) is 13.5. The minimum absolute atomic E-state index is 0.193. The van der Waals surface area contributed by atoms with Gasteiger partial charge in [-0.1, -0.05) is 90.5 Å². The van der Waals surface area contributed by atoms with Gasteiger partial charge in [0.2, 0.25) is 5.91 Å². The molecule has 1 amide bonds. The van der Waals surface area contributed by atoms with Crippen molar-refractivity contribution in [2.45, 2.75) is 19.0 Å². The van der Waals surface area contributed by atoms with Crippen LogP contribution in [0.2, 0.25) is 5.02 Å². The molecule has 0 saturated heterocycles. The topological polar surface area (TPSA) is 52.6 Å². The van der Waals surface area contributed by atoms with Gasteiger partial charge in [0.1, 0.15) is 6.04 Å². The average Bonchev–Trinajstić information content (AvgIpc) is 3.01. The molecule has 0 radical (unpaired) electrons. The molecule has 1 atom stereocenters. The zero-order chi connectivity index (χ0) is 23.9. The van der Waals surface area contributed by atoms with Crippen molar-refractivity contribution in [3.63, 3.8) is 0 Å². The van der Waals surface area contributed by atoms with Gasteiger partial charge in [-0.3, -0.25) is 9.69 Å². The second-order valence-corrected chi connectivity index (χ2v) is 8.87. The van der Waals surface area contributed by atoms with Gasteiger partial charge in [0.15, 0.2) is 0 Å². The van der Waals surface area contributed by atoms with Crippen LogP contribution in [0.25, 0.3) is 17.7 Å². The molecule has 0 aliphatic heterocycles. The Labute approximate surface area is 206 Å². The number of rotatable bonds is 8. The van der Waals surface area contributed by atoms with E-state index in [-0.39, 0.29) is 12.5 Å². The Hall–Kier alpha value is -3.18. The Balaban J connectivity index is 1.44. The molecule has 0 fully saturated rings. The third-order valence-electron chi connectivity index (χ3n) is 6.16. The number of likely N-dealkylation sites (N-methyl/N-ethyl adjacent to an activating group) is 1. The first kappa shape index (κ1) is 24.0. The lowest BCUT2D eigenvalue weighted by Crippen LogP contribution is -2.47. The average molecular weight is 473 g/mol. The van der Waals surface area contributed by atoms with Gasteiger partial charge in [0.05, 0.1) is 6.61 Å². The molecule has 0 spiro atoms. The summed E-state index contributed by atoms with van der Waals surface area (Å²) in [6, 6.07) is 23.5. The second kappa shape index (κ2) is 11.3. The smallest absolute Gasteiger partial charge is 0.239 e. The van der Waals surface area contributed by atoms with Crippen molar-refractivity contribution in [1.82, 2.24) is 10.2 Å². The minimum atomic E-state index is -0.610. The lowest BCUT2D eigenvalue weighted by Gasteiger charge is -2.25. The van der Waals surface area contributed by atoms with Gasteiger partial charge < -0.3 is 10.4 Å². The summed E-state index contributed by atoms with van der Waals surface area (Å²) in [5.41, 5.74) is 6.93. The normalized spacial score (nSPS) is 13.1. The van der Waals surface area contributed by atoms with Gasteiger partial charge in [-0.05, 0) is 59.0 Å². The van der Waals surface area contributed by atoms with Gasteiger partial charge in [-0.2, -0.15) is 0 Å². The van der Waals surface area contributed by atoms with Crippen LogP contribution < -0.4 is 5.32 Å². The van der Waals surface area contributed by atoms with E-state index in [0.29, 0.717) is 18.1 Å². The molecule has 3 aromatic carbocycles. The number of fused-ring (bicyclic) bond motifs is 2. The Bertz CT molecular complexity index is 1150. The number of nitrogens with one attached hydrogen (secondary N) is 1. The molecule has 0 heterocycles. The van der Waals surface area contributed by atoms with Crippen LogP contribution in [0.1, 0.15) is 34.2 Å². The number of hydrogen-bond acceptors (Lipinski definition) is 3. The van der Waals surface area contributed by atoms with Crippen molar-refractivity contribution in [2.75, 3.05) is 20.2 Å². The summed E-state index contributed by atoms with van der Waals surface area (Å²) in [6.07, 6.45) is 7.30. The Morgan fingerprint density at radius 3 is 2.15 bits per heavy atom. The van der Waals surface area contributed by atoms with Crippen LogP contribution >= 0.6 is 11.6 Å². The number of halogens is 1. The lowest BCUT2D eigenvalue weighted by atomic mass is 9.93. The maximum absolute atomic E-state index is 12.7. The maximum atomic E-state index is 12.7. The molecule has 0 bridgehead atoms. The van der Waals surface area contributed by atoms with Crippen LogP contribution in [0.15, 0.2) is 78.9 Å². The third kappa shape index (κ3) is 5.65. The van der Waals surface area contributed by atoms with E-state index in [0.717, 1.165) is 12.0 Å². The van der Waals surface area contributed by atoms with Gasteiger partial charge >= 0.3 is 0 Å². The molecule has 34 heavy (non-hydrogen) atoms. The molecule has 1 unspecified atom stereocenters. The molecular formula is C29H29ClN2O2. The zero-order valence-corrected chi connectivity index (χ0v) is 20.0. The fraction of sp³-hybridized carbons (Fsp3) is 0.207. The molecule has 5 heteroatoms. The standard InChI is InChI=1S/C29H29ClN2O2/c1-32(28(20-33)29(34)31-19-21-12-16-24(30)17-13-21)18-6-11-27-25-9-4-2-7-22(25)14-15-23-8-3-5-10-26(23)27/h2-5,7-17,28,33H,6,18-20H2,1H3,(H,31,34). The highest BCUT2D eigenvalue weighted by atomic mass is 35.5. The van der Waals surface area contributed by atoms with E-state index >= 15 is 0 Å². The number of carbonyl (C=O) groups excluding carboxylic acids is 1. The number of hydrogen-bond donors (Lipinski definition) is 2. The fourth-order valence-corrected chi connectivity index (χ4v) is 4.35. The lowest BCUT2D eigenvalue weighted by molar-refractivity contribution is -0.127. The highest BCUT2D eigenvalue weighted by molar-refractivity contribution is 6.30. The number of benzene rings is 3. The predicted octanol–water partition coefficient (Wildman–Crippen LogP) is 5.25. The van der Waals surface area contributed by atoms with Gasteiger partial charge in [-0.15, -0.1) is 0 Å². The van der Waals surface area contributed by atoms with E-state index in [1.54, 1.807) is 12.1 Å². The maximum Gasteiger partial charge on any atom is 0.239 e. The fourth-order valence-electron chi connectivity index (χ4n) is 4.22. The highest BCUT2D eigenvalue weighted by Gasteiger charge is 2.22. The summed E-state index contributed by atoms with van der Waals surface area (Å²) in [6.45, 7) is 0.793. The van der Waals surface area contributed by atoms with Crippen molar-refractivity contribution >= 4 is 35.2 Å². The van der Waals surface area contributed by atoms with Crippen molar-refractivity contribution in [3.8, 4) is 0 Å². The first-order valence-electron chi connectivity index (χ1n) is 11.5. The number of amides is 1. The largest absolute Gasteiger partial charge is 0.394 e. The molecule has 1 aliphatic carbocycles. The Kier molecular flexibility index (Phi) is 7.96. The predicted molar refractivity (Wildman–Crippen MR) is 140 cm³/mol. The van der Waals surface area contributed by atoms with Crippen LogP contribution in [0.4, 0.5) is 0 Å². The van der Waals surface area contributed by atoms with E-state index < -0.39 is 6.04 Å². The van der Waals surface area contributed by atoms with Gasteiger partial charge in [0.25, 0.3) is 0 Å². The number of carbonyl (C=O) groups is 1. The van der Waals surface area contributed by atoms with Crippen molar-refractivity contribution < 1.29 is 9.90 Å². The first-order chi connectivity index (χ1) is 16.6. The van der Waals surface area contributed by atoms with E-state index in [4.69, 9.17) is 11.6 Å². The van der Waals surface area contributed by atoms with Crippen LogP contribution in [-0.4, -0.2) is 42.2 Å². The zero-order valence-electron chi connectivity index (χ0n) is 19.2. The molecule has 3 aromatic rings. The summed E-state index contributed by atoms with van der Waals surface area (Å²) in [5.74, 6) is -0.193. The summed E-state index contributed by atoms with van der Waals surface area (Å²) in [4.78, 5) is 14.6. The number of aliphatic hydroxyl groups excluding tert-OH is 1. The van der Waals surface area contributed by atoms with Crippen molar-refractivity contribution in [3.05, 3.63) is 112 Å². The second-order valence-electron chi connectivity index (χ2n) is 8.44. The minimum Gasteiger partial charge on any atom is -0.394 e. The number of aliphatic hydroxyl groups is 1. The molecule has 1 aliphatic rings. The molecule has 0 saturated carbocycles. The molecule has 4 rings (SSSR count). The summed E-state index contributed by atoms with van der Waals surface area (Å²) >= 11 is 5.92. The monoisotopic (exact) mass is 472 g/mol. The van der Waals surface area contributed by atoms with E-state index in [1.807, 2.05) is 24.1 Å². The van der Waals surface area contributed by atoms with Crippen LogP contribution in [0, 0.1) is 0 Å². The van der Waals surface area contributed by atoms with Crippen LogP contribution in [0.5, 0.6) is 0 Å². The SMILES string of the molecule is CN(CCC=C1c2ccccc2C=Cc2ccccc21)C(CO)C(=O)NCc1ccc(Cl)cc1. The quantitative estimate of drug-likeness (QED) is 0.368. The molecule has 174 valence electrons. The van der Waals surface area contributed by atoms with Crippen LogP contribution in [-0.2, 0) is 11.3 Å². The van der Waals surface area contributed by atoms with Crippen LogP contribution in [0.3, 0.4) is 0 Å². The molecule has 0 aromatic heterocycles. The third-order valence-corrected chi connectivity index (χ3v) is 6.41. The van der Waals surface area contributed by atoms with E-state index in [2.05, 4.69) is 72.1 Å². The Morgan fingerprint density at radius 2 is 1.56 bits per heavy atom. The summed E-state index contributed by atoms with van der Waals surface area (Å²) in [7, 11) is 1.87. The van der Waals surface area contributed by atoms with Gasteiger partial charge in [0, 0.05) is 18.1 Å². The molecular weight excluding hydrogens is 444 g/mol. The van der Waals surface area contributed by atoms with Crippen molar-refractivity contribution in [2.24, 2.45) is 0 Å². The van der Waals surface area contributed by atoms with Crippen molar-refractivity contribution in [1.29, 1.82) is 0 Å². The molecule has 4 nitrogen and oxygen atoms in total. The van der Waals surface area contributed by atoms with E-state index in [9.17, 15) is 9.90 Å². The Morgan fingerprint density at radius 1 is 0.971 bits per heavy atom. The number of nitrogens with zero attached hydrogens (tertiary/aromatic N) is 1. The highest BCUT2D eigenvalue weighted by Crippen LogP contribution is 2.33. The summed E-state index contributed by atoms with van der Waals surface area (Å²) < 4.78 is 0.